The third-order valence-corrected chi connectivity index (χ3v) is 6.52. The van der Waals surface area contributed by atoms with Crippen molar-refractivity contribution >= 4 is 27.5 Å². The van der Waals surface area contributed by atoms with Crippen LogP contribution in [0.15, 0.2) is 48.5 Å². The Hall–Kier alpha value is -3.14. The summed E-state index contributed by atoms with van der Waals surface area (Å²) in [5.41, 5.74) is 0.908. The van der Waals surface area contributed by atoms with Crippen molar-refractivity contribution in [2.75, 3.05) is 30.3 Å². The Bertz CT molecular complexity index is 1080. The molecule has 0 saturated carbocycles. The molecule has 0 aliphatic rings. The zero-order valence-electron chi connectivity index (χ0n) is 20.7. The number of rotatable bonds is 13. The zero-order chi connectivity index (χ0) is 26.0. The highest BCUT2D eigenvalue weighted by molar-refractivity contribution is 7.92. The quantitative estimate of drug-likeness (QED) is 0.420. The predicted molar refractivity (Wildman–Crippen MR) is 134 cm³/mol. The second kappa shape index (κ2) is 13.1. The molecular formula is C25H34FN3O5S. The van der Waals surface area contributed by atoms with Gasteiger partial charge < -0.3 is 15.0 Å². The lowest BCUT2D eigenvalue weighted by Gasteiger charge is -2.31. The molecule has 192 valence electrons. The summed E-state index contributed by atoms with van der Waals surface area (Å²) in [6.07, 6.45) is 2.71. The van der Waals surface area contributed by atoms with Crippen molar-refractivity contribution in [1.82, 2.24) is 10.2 Å². The highest BCUT2D eigenvalue weighted by Crippen LogP contribution is 2.22. The lowest BCUT2D eigenvalue weighted by Crippen LogP contribution is -2.51. The smallest absolute Gasteiger partial charge is 0.244 e. The Morgan fingerprint density at radius 1 is 1.06 bits per heavy atom. The topological polar surface area (TPSA) is 96.0 Å². The van der Waals surface area contributed by atoms with Gasteiger partial charge in [-0.15, -0.1) is 0 Å². The monoisotopic (exact) mass is 507 g/mol. The lowest BCUT2D eigenvalue weighted by atomic mass is 10.1. The molecule has 1 N–H and O–H groups in total. The molecule has 0 unspecified atom stereocenters. The van der Waals surface area contributed by atoms with Crippen LogP contribution in [0.5, 0.6) is 5.75 Å². The van der Waals surface area contributed by atoms with E-state index in [1.54, 1.807) is 31.2 Å². The first-order valence-corrected chi connectivity index (χ1v) is 13.4. The van der Waals surface area contributed by atoms with E-state index < -0.39 is 34.3 Å². The van der Waals surface area contributed by atoms with E-state index in [4.69, 9.17) is 4.74 Å². The maximum atomic E-state index is 13.4. The first-order chi connectivity index (χ1) is 16.6. The number of hydrogen-bond donors (Lipinski definition) is 1. The maximum absolute atomic E-state index is 13.4. The van der Waals surface area contributed by atoms with Gasteiger partial charge in [0.15, 0.2) is 0 Å². The molecule has 0 fully saturated rings. The van der Waals surface area contributed by atoms with E-state index in [-0.39, 0.29) is 12.5 Å². The van der Waals surface area contributed by atoms with E-state index in [1.165, 1.54) is 29.2 Å². The van der Waals surface area contributed by atoms with Crippen molar-refractivity contribution in [3.05, 3.63) is 59.9 Å². The third kappa shape index (κ3) is 8.54. The summed E-state index contributed by atoms with van der Waals surface area (Å²) in [6, 6.07) is 11.1. The van der Waals surface area contributed by atoms with Gasteiger partial charge in [0.2, 0.25) is 21.8 Å². The standard InChI is InChI=1S/C25H34FN3O5S/c1-5-7-16-27-25(31)19(3)28(17-20-8-10-21(26)11-9-20)24(30)18-29(35(4,32)33)22-12-14-23(15-13-22)34-6-2/h8-15,19H,5-7,16-18H2,1-4H3,(H,27,31)/t19-/m1/s1. The van der Waals surface area contributed by atoms with Crippen LogP contribution in [0.3, 0.4) is 0 Å². The van der Waals surface area contributed by atoms with Crippen LogP contribution in [-0.2, 0) is 26.2 Å². The van der Waals surface area contributed by atoms with Gasteiger partial charge in [-0.1, -0.05) is 25.5 Å². The van der Waals surface area contributed by atoms with Crippen molar-refractivity contribution in [3.63, 3.8) is 0 Å². The summed E-state index contributed by atoms with van der Waals surface area (Å²) < 4.78 is 44.9. The number of amides is 2. The molecule has 2 rings (SSSR count). The second-order valence-electron chi connectivity index (χ2n) is 8.17. The van der Waals surface area contributed by atoms with Crippen molar-refractivity contribution in [3.8, 4) is 5.75 Å². The average Bonchev–Trinajstić information content (AvgIpc) is 2.82. The van der Waals surface area contributed by atoms with Crippen LogP contribution in [0.4, 0.5) is 10.1 Å². The van der Waals surface area contributed by atoms with Gasteiger partial charge in [0.05, 0.1) is 18.6 Å². The molecule has 0 aliphatic heterocycles. The molecule has 8 nitrogen and oxygen atoms in total. The maximum Gasteiger partial charge on any atom is 0.244 e. The molecule has 0 aromatic heterocycles. The number of carbonyl (C=O) groups excluding carboxylic acids is 2. The fraction of sp³-hybridized carbons (Fsp3) is 0.440. The number of ether oxygens (including phenoxy) is 1. The predicted octanol–water partition coefficient (Wildman–Crippen LogP) is 3.32. The molecule has 0 saturated heterocycles. The summed E-state index contributed by atoms with van der Waals surface area (Å²) in [7, 11) is -3.82. The van der Waals surface area contributed by atoms with Crippen LogP contribution in [0.25, 0.3) is 0 Å². The number of hydrogen-bond acceptors (Lipinski definition) is 5. The Kier molecular flexibility index (Phi) is 10.5. The number of unbranched alkanes of at least 4 members (excludes halogenated alkanes) is 1. The second-order valence-corrected chi connectivity index (χ2v) is 10.1. The van der Waals surface area contributed by atoms with Gasteiger partial charge in [-0.3, -0.25) is 13.9 Å². The van der Waals surface area contributed by atoms with Crippen molar-refractivity contribution in [2.24, 2.45) is 0 Å². The molecular weight excluding hydrogens is 473 g/mol. The number of anilines is 1. The van der Waals surface area contributed by atoms with Crippen LogP contribution in [0.2, 0.25) is 0 Å². The fourth-order valence-electron chi connectivity index (χ4n) is 3.39. The normalized spacial score (nSPS) is 12.0. The average molecular weight is 508 g/mol. The zero-order valence-corrected chi connectivity index (χ0v) is 21.5. The van der Waals surface area contributed by atoms with Crippen molar-refractivity contribution in [1.29, 1.82) is 0 Å². The number of carbonyl (C=O) groups is 2. The van der Waals surface area contributed by atoms with Gasteiger partial charge in [-0.05, 0) is 62.2 Å². The summed E-state index contributed by atoms with van der Waals surface area (Å²) in [5, 5.41) is 2.81. The van der Waals surface area contributed by atoms with Crippen LogP contribution < -0.4 is 14.4 Å². The minimum atomic E-state index is -3.82. The van der Waals surface area contributed by atoms with Gasteiger partial charge in [0.25, 0.3) is 0 Å². The number of nitrogens with one attached hydrogen (secondary N) is 1. The number of benzene rings is 2. The van der Waals surface area contributed by atoms with E-state index in [2.05, 4.69) is 5.32 Å². The summed E-state index contributed by atoms with van der Waals surface area (Å²) >= 11 is 0. The largest absolute Gasteiger partial charge is 0.494 e. The van der Waals surface area contributed by atoms with Crippen LogP contribution >= 0.6 is 0 Å². The molecule has 1 atom stereocenters. The van der Waals surface area contributed by atoms with Gasteiger partial charge in [0, 0.05) is 13.1 Å². The van der Waals surface area contributed by atoms with Gasteiger partial charge in [0.1, 0.15) is 24.2 Å². The SMILES string of the molecule is CCCCNC(=O)[C@@H](C)N(Cc1ccc(F)cc1)C(=O)CN(c1ccc(OCC)cc1)S(C)(=O)=O. The Morgan fingerprint density at radius 3 is 2.23 bits per heavy atom. The first-order valence-electron chi connectivity index (χ1n) is 11.6. The van der Waals surface area contributed by atoms with Crippen molar-refractivity contribution < 1.29 is 27.1 Å². The molecule has 0 spiro atoms. The third-order valence-electron chi connectivity index (χ3n) is 5.38. The Labute approximate surface area is 207 Å². The lowest BCUT2D eigenvalue weighted by molar-refractivity contribution is -0.139. The molecule has 35 heavy (non-hydrogen) atoms. The molecule has 2 amide bonds. The molecule has 10 heteroatoms. The molecule has 0 heterocycles. The molecule has 0 bridgehead atoms. The van der Waals surface area contributed by atoms with E-state index >= 15 is 0 Å². The molecule has 0 radical (unpaired) electrons. The van der Waals surface area contributed by atoms with E-state index in [0.29, 0.717) is 30.2 Å². The van der Waals surface area contributed by atoms with E-state index in [1.807, 2.05) is 13.8 Å². The highest BCUT2D eigenvalue weighted by atomic mass is 32.2. The van der Waals surface area contributed by atoms with Gasteiger partial charge in [-0.2, -0.15) is 0 Å². The van der Waals surface area contributed by atoms with Gasteiger partial charge >= 0.3 is 0 Å². The fourth-order valence-corrected chi connectivity index (χ4v) is 4.24. The summed E-state index contributed by atoms with van der Waals surface area (Å²) in [6.45, 7) is 5.88. The summed E-state index contributed by atoms with van der Waals surface area (Å²) in [4.78, 5) is 27.5. The first kappa shape index (κ1) is 28.1. The van der Waals surface area contributed by atoms with Crippen molar-refractivity contribution in [2.45, 2.75) is 46.2 Å². The summed E-state index contributed by atoms with van der Waals surface area (Å²) in [5.74, 6) is -0.755. The van der Waals surface area contributed by atoms with E-state index in [9.17, 15) is 22.4 Å². The van der Waals surface area contributed by atoms with Crippen LogP contribution in [0.1, 0.15) is 39.2 Å². The van der Waals surface area contributed by atoms with Gasteiger partial charge in [-0.25, -0.2) is 12.8 Å². The minimum Gasteiger partial charge on any atom is -0.494 e. The van der Waals surface area contributed by atoms with Crippen LogP contribution in [0, 0.1) is 5.82 Å². The highest BCUT2D eigenvalue weighted by Gasteiger charge is 2.30. The molecule has 0 aliphatic carbocycles. The molecule has 2 aromatic carbocycles. The Morgan fingerprint density at radius 2 is 1.69 bits per heavy atom. The number of sulfonamides is 1. The minimum absolute atomic E-state index is 0.0162. The Balaban J connectivity index is 2.32. The molecule has 2 aromatic rings. The number of halogens is 1. The van der Waals surface area contributed by atoms with Crippen LogP contribution in [-0.4, -0.2) is 57.1 Å². The van der Waals surface area contributed by atoms with E-state index in [0.717, 1.165) is 23.4 Å². The number of nitrogens with zero attached hydrogens (tertiary/aromatic N) is 2.